The molecule has 2 aliphatic carbocycles. The number of nitrogens with one attached hydrogen (secondary N) is 1. The fourth-order valence-corrected chi connectivity index (χ4v) is 5.33. The lowest BCUT2D eigenvalue weighted by Crippen LogP contribution is -2.27. The Balaban J connectivity index is 1.37. The summed E-state index contributed by atoms with van der Waals surface area (Å²) in [6, 6.07) is 3.46. The van der Waals surface area contributed by atoms with Gasteiger partial charge in [-0.1, -0.05) is 0 Å². The Bertz CT molecular complexity index is 1350. The van der Waals surface area contributed by atoms with E-state index in [9.17, 15) is 9.59 Å². The lowest BCUT2D eigenvalue weighted by atomic mass is 9.84. The van der Waals surface area contributed by atoms with Crippen molar-refractivity contribution in [2.45, 2.75) is 76.0 Å². The lowest BCUT2D eigenvalue weighted by molar-refractivity contribution is -0.00627. The number of hydrogen-bond donors (Lipinski definition) is 1. The van der Waals surface area contributed by atoms with Crippen LogP contribution >= 0.6 is 0 Å². The van der Waals surface area contributed by atoms with Crippen LogP contribution in [0.1, 0.15) is 75.0 Å². The molecule has 6 rings (SSSR count). The first-order valence-electron chi connectivity index (χ1n) is 12.0. The van der Waals surface area contributed by atoms with E-state index in [1.54, 1.807) is 18.5 Å². The third-order valence-corrected chi connectivity index (χ3v) is 7.26. The van der Waals surface area contributed by atoms with Gasteiger partial charge >= 0.3 is 0 Å². The molecule has 3 aromatic heterocycles. The van der Waals surface area contributed by atoms with Crippen LogP contribution in [0.15, 0.2) is 35.5 Å². The number of carbonyl (C=O) groups is 1. The van der Waals surface area contributed by atoms with Gasteiger partial charge in [-0.25, -0.2) is 9.67 Å². The van der Waals surface area contributed by atoms with E-state index in [4.69, 9.17) is 14.5 Å². The third kappa shape index (κ3) is 3.50. The molecule has 0 unspecified atom stereocenters. The number of rotatable bonds is 6. The van der Waals surface area contributed by atoms with Crippen molar-refractivity contribution in [3.63, 3.8) is 0 Å². The molecule has 9 heteroatoms. The van der Waals surface area contributed by atoms with Crippen LogP contribution in [0.2, 0.25) is 0 Å². The molecular formula is C25H29N5O4. The molecule has 1 saturated heterocycles. The number of amides is 1. The molecule has 9 nitrogen and oxygen atoms in total. The van der Waals surface area contributed by atoms with Gasteiger partial charge in [0, 0.05) is 30.1 Å². The molecule has 2 saturated carbocycles. The minimum atomic E-state index is -0.408. The smallest absolute Gasteiger partial charge is 0.290 e. The molecule has 2 bridgehead atoms. The van der Waals surface area contributed by atoms with Crippen LogP contribution in [0.5, 0.6) is 5.75 Å². The van der Waals surface area contributed by atoms with Crippen molar-refractivity contribution in [1.82, 2.24) is 19.2 Å². The first kappa shape index (κ1) is 21.3. The quantitative estimate of drug-likeness (QED) is 0.601. The fourth-order valence-electron chi connectivity index (χ4n) is 5.33. The zero-order chi connectivity index (χ0) is 23.7. The second-order valence-electron chi connectivity index (χ2n) is 10.5. The molecule has 0 radical (unpaired) electrons. The number of fused-ring (bicyclic) bond motifs is 3. The zero-order valence-electron chi connectivity index (χ0n) is 19.7. The minimum Gasteiger partial charge on any atom is -0.490 e. The van der Waals surface area contributed by atoms with Crippen molar-refractivity contribution >= 4 is 17.2 Å². The number of aromatic nitrogens is 4. The van der Waals surface area contributed by atoms with Crippen LogP contribution in [0, 0.1) is 0 Å². The van der Waals surface area contributed by atoms with Crippen molar-refractivity contribution in [2.24, 2.45) is 0 Å². The van der Waals surface area contributed by atoms with E-state index in [1.807, 2.05) is 24.4 Å². The number of carbonyl (C=O) groups excluding carboxylic acids is 1. The molecule has 2 atom stereocenters. The Hall–Kier alpha value is -3.20. The summed E-state index contributed by atoms with van der Waals surface area (Å²) < 4.78 is 15.4. The van der Waals surface area contributed by atoms with E-state index in [2.05, 4.69) is 17.3 Å². The predicted octanol–water partition coefficient (Wildman–Crippen LogP) is 3.48. The first-order valence-corrected chi connectivity index (χ1v) is 12.0. The summed E-state index contributed by atoms with van der Waals surface area (Å²) >= 11 is 0. The number of pyridine rings is 1. The summed E-state index contributed by atoms with van der Waals surface area (Å²) in [6.07, 6.45) is 10.1. The van der Waals surface area contributed by atoms with Gasteiger partial charge in [-0.15, -0.1) is 0 Å². The van der Waals surface area contributed by atoms with Gasteiger partial charge in [0.15, 0.2) is 0 Å². The maximum atomic E-state index is 13.3. The summed E-state index contributed by atoms with van der Waals surface area (Å²) in [5, 5.41) is 6.92. The van der Waals surface area contributed by atoms with Gasteiger partial charge in [-0.2, -0.15) is 5.10 Å². The zero-order valence-corrected chi connectivity index (χ0v) is 19.7. The summed E-state index contributed by atoms with van der Waals surface area (Å²) in [7, 11) is 0. The summed E-state index contributed by atoms with van der Waals surface area (Å²) in [5.74, 6) is 0.0272. The van der Waals surface area contributed by atoms with Crippen molar-refractivity contribution in [3.05, 3.63) is 52.3 Å². The van der Waals surface area contributed by atoms with Crippen LogP contribution in [0.25, 0.3) is 5.65 Å². The van der Waals surface area contributed by atoms with Crippen molar-refractivity contribution in [3.8, 4) is 5.75 Å². The van der Waals surface area contributed by atoms with E-state index in [-0.39, 0.29) is 34.4 Å². The minimum absolute atomic E-state index is 0.0648. The predicted molar refractivity (Wildman–Crippen MR) is 126 cm³/mol. The molecular weight excluding hydrogens is 434 g/mol. The first-order chi connectivity index (χ1) is 16.3. The van der Waals surface area contributed by atoms with Crippen molar-refractivity contribution in [1.29, 1.82) is 0 Å². The van der Waals surface area contributed by atoms with Gasteiger partial charge in [0.05, 0.1) is 35.6 Å². The second-order valence-corrected chi connectivity index (χ2v) is 10.5. The summed E-state index contributed by atoms with van der Waals surface area (Å²) in [5.41, 5.74) is 1.83. The van der Waals surface area contributed by atoms with Gasteiger partial charge in [0.1, 0.15) is 17.1 Å². The molecule has 0 aromatic carbocycles. The van der Waals surface area contributed by atoms with Crippen LogP contribution in [-0.2, 0) is 10.2 Å². The lowest BCUT2D eigenvalue weighted by Gasteiger charge is -2.24. The highest BCUT2D eigenvalue weighted by Gasteiger charge is 2.55. The Morgan fingerprint density at radius 3 is 2.76 bits per heavy atom. The highest BCUT2D eigenvalue weighted by atomic mass is 16.5. The monoisotopic (exact) mass is 463 g/mol. The highest BCUT2D eigenvalue weighted by molar-refractivity contribution is 6.06. The standard InChI is InChI=1S/C25H29N5O4/c1-15(2)34-19-10-21-28-20(25-8-7-24(3,13-25)33-14-25)12-29(21)11-17(19)22(31)27-18-6-9-26-30(23(18)32)16-4-5-16/h6,9-12,15-16H,4-5,7-8,13-14H2,1-3H3,(H,27,31)/t24-,25-/m0/s1. The van der Waals surface area contributed by atoms with Gasteiger partial charge < -0.3 is 19.2 Å². The SMILES string of the molecule is CC(C)Oc1cc2nc([C@@]34CC[C@@](C)(C3)OC4)cn2cc1C(=O)Nc1ccnn(C2CC2)c1=O. The van der Waals surface area contributed by atoms with Crippen LogP contribution in [-0.4, -0.2) is 43.4 Å². The Kier molecular flexibility index (Phi) is 4.64. The molecule has 1 amide bonds. The molecule has 3 fully saturated rings. The van der Waals surface area contributed by atoms with E-state index in [0.717, 1.165) is 43.4 Å². The number of imidazole rings is 1. The van der Waals surface area contributed by atoms with E-state index in [0.29, 0.717) is 17.9 Å². The molecule has 1 aliphatic heterocycles. The van der Waals surface area contributed by atoms with Crippen LogP contribution < -0.4 is 15.6 Å². The normalized spacial score (nSPS) is 25.9. The molecule has 3 aliphatic rings. The maximum absolute atomic E-state index is 13.3. The summed E-state index contributed by atoms with van der Waals surface area (Å²) in [6.45, 7) is 6.67. The number of hydrogen-bond acceptors (Lipinski definition) is 6. The van der Waals surface area contributed by atoms with E-state index >= 15 is 0 Å². The van der Waals surface area contributed by atoms with E-state index < -0.39 is 5.91 Å². The Morgan fingerprint density at radius 1 is 1.29 bits per heavy atom. The highest BCUT2D eigenvalue weighted by Crippen LogP contribution is 2.53. The Morgan fingerprint density at radius 2 is 2.12 bits per heavy atom. The van der Waals surface area contributed by atoms with Gasteiger partial charge in [-0.3, -0.25) is 9.59 Å². The van der Waals surface area contributed by atoms with Crippen LogP contribution in [0.3, 0.4) is 0 Å². The van der Waals surface area contributed by atoms with Crippen molar-refractivity contribution in [2.75, 3.05) is 11.9 Å². The molecule has 4 heterocycles. The maximum Gasteiger partial charge on any atom is 0.290 e. The number of ether oxygens (including phenoxy) is 2. The number of nitrogens with zero attached hydrogens (tertiary/aromatic N) is 4. The second kappa shape index (κ2) is 7.40. The largest absolute Gasteiger partial charge is 0.490 e. The molecule has 178 valence electrons. The van der Waals surface area contributed by atoms with Gasteiger partial charge in [0.2, 0.25) is 0 Å². The van der Waals surface area contributed by atoms with Gasteiger partial charge in [-0.05, 0) is 58.9 Å². The average molecular weight is 464 g/mol. The fraction of sp³-hybridized carbons (Fsp3) is 0.520. The molecule has 1 N–H and O–H groups in total. The summed E-state index contributed by atoms with van der Waals surface area (Å²) in [4.78, 5) is 31.0. The molecule has 34 heavy (non-hydrogen) atoms. The van der Waals surface area contributed by atoms with Crippen molar-refractivity contribution < 1.29 is 14.3 Å². The Labute approximate surface area is 197 Å². The van der Waals surface area contributed by atoms with Gasteiger partial charge in [0.25, 0.3) is 11.5 Å². The average Bonchev–Trinajstić information content (AvgIpc) is 3.32. The molecule has 3 aromatic rings. The topological polar surface area (TPSA) is 99.8 Å². The third-order valence-electron chi connectivity index (χ3n) is 7.26. The molecule has 0 spiro atoms. The van der Waals surface area contributed by atoms with Crippen LogP contribution in [0.4, 0.5) is 5.69 Å². The number of anilines is 1. The van der Waals surface area contributed by atoms with E-state index in [1.165, 1.54) is 10.7 Å².